The van der Waals surface area contributed by atoms with Crippen molar-refractivity contribution < 1.29 is 9.18 Å². The number of nitrogens with zero attached hydrogens (tertiary/aromatic N) is 6. The van der Waals surface area contributed by atoms with Gasteiger partial charge in [-0.3, -0.25) is 14.9 Å². The Balaban J connectivity index is 1.44. The molecule has 31 heavy (non-hydrogen) atoms. The van der Waals surface area contributed by atoms with Crippen LogP contribution in [0.2, 0.25) is 0 Å². The molecular formula is C21H21FN8O. The van der Waals surface area contributed by atoms with E-state index >= 15 is 0 Å². The van der Waals surface area contributed by atoms with Crippen LogP contribution in [0.15, 0.2) is 30.6 Å². The highest BCUT2D eigenvalue weighted by Crippen LogP contribution is 2.24. The van der Waals surface area contributed by atoms with Gasteiger partial charge in [0, 0.05) is 24.8 Å². The van der Waals surface area contributed by atoms with Crippen LogP contribution in [0.3, 0.4) is 0 Å². The Morgan fingerprint density at radius 3 is 2.74 bits per heavy atom. The molecule has 4 aromatic rings. The topological polar surface area (TPSA) is 104 Å². The highest BCUT2D eigenvalue weighted by Gasteiger charge is 2.21. The zero-order valence-electron chi connectivity index (χ0n) is 17.2. The first-order chi connectivity index (χ1) is 15.0. The molecule has 0 saturated carbocycles. The number of anilines is 2. The van der Waals surface area contributed by atoms with Crippen molar-refractivity contribution in [2.75, 3.05) is 23.3 Å². The smallest absolute Gasteiger partial charge is 0.274 e. The number of pyridine rings is 2. The summed E-state index contributed by atoms with van der Waals surface area (Å²) in [5.74, 6) is -0.558. The monoisotopic (exact) mass is 420 g/mol. The molecule has 1 amide bonds. The third-order valence-corrected chi connectivity index (χ3v) is 5.29. The minimum Gasteiger partial charge on any atom is -0.340 e. The fraction of sp³-hybridized carbons (Fsp3) is 0.286. The highest BCUT2D eigenvalue weighted by molar-refractivity contribution is 6.07. The number of hydrogen-bond acceptors (Lipinski definition) is 6. The average Bonchev–Trinajstić information content (AvgIpc) is 3.47. The van der Waals surface area contributed by atoms with Gasteiger partial charge in [0.1, 0.15) is 5.69 Å². The molecular weight excluding hydrogens is 399 g/mol. The van der Waals surface area contributed by atoms with Crippen LogP contribution in [0.25, 0.3) is 16.9 Å². The second kappa shape index (κ2) is 7.46. The van der Waals surface area contributed by atoms with Gasteiger partial charge in [-0.05, 0) is 44.4 Å². The number of aryl methyl sites for hydroxylation is 2. The highest BCUT2D eigenvalue weighted by atomic mass is 19.1. The van der Waals surface area contributed by atoms with Gasteiger partial charge in [0.05, 0.1) is 29.3 Å². The van der Waals surface area contributed by atoms with Crippen LogP contribution < -0.4 is 10.2 Å². The van der Waals surface area contributed by atoms with Crippen molar-refractivity contribution in [3.05, 3.63) is 53.4 Å². The molecule has 5 rings (SSSR count). The van der Waals surface area contributed by atoms with E-state index in [9.17, 15) is 9.18 Å². The van der Waals surface area contributed by atoms with E-state index in [4.69, 9.17) is 0 Å². The van der Waals surface area contributed by atoms with E-state index in [1.807, 2.05) is 26.0 Å². The summed E-state index contributed by atoms with van der Waals surface area (Å²) < 4.78 is 16.1. The maximum absolute atomic E-state index is 14.7. The van der Waals surface area contributed by atoms with Crippen LogP contribution in [0.5, 0.6) is 0 Å². The Labute approximate surface area is 177 Å². The Kier molecular flexibility index (Phi) is 4.61. The van der Waals surface area contributed by atoms with Crippen LogP contribution in [-0.2, 0) is 0 Å². The van der Waals surface area contributed by atoms with Gasteiger partial charge in [-0.1, -0.05) is 0 Å². The van der Waals surface area contributed by atoms with Gasteiger partial charge >= 0.3 is 0 Å². The number of H-pyrrole nitrogens is 1. The van der Waals surface area contributed by atoms with Crippen LogP contribution in [0.4, 0.5) is 16.0 Å². The molecule has 0 atom stereocenters. The van der Waals surface area contributed by atoms with Gasteiger partial charge in [0.25, 0.3) is 5.91 Å². The minimum absolute atomic E-state index is 0.0202. The van der Waals surface area contributed by atoms with E-state index in [0.717, 1.165) is 37.2 Å². The zero-order valence-corrected chi connectivity index (χ0v) is 17.2. The third kappa shape index (κ3) is 3.60. The summed E-state index contributed by atoms with van der Waals surface area (Å²) in [6.07, 6.45) is 4.94. The summed E-state index contributed by atoms with van der Waals surface area (Å²) >= 11 is 0. The summed E-state index contributed by atoms with van der Waals surface area (Å²) in [6, 6.07) is 5.30. The summed E-state index contributed by atoms with van der Waals surface area (Å²) in [6.45, 7) is 5.61. The first-order valence-electron chi connectivity index (χ1n) is 10.1. The normalized spacial score (nSPS) is 13.8. The summed E-state index contributed by atoms with van der Waals surface area (Å²) in [5.41, 5.74) is 3.71. The maximum atomic E-state index is 14.7. The number of aromatic amines is 1. The number of halogens is 1. The van der Waals surface area contributed by atoms with Gasteiger partial charge in [0.2, 0.25) is 5.95 Å². The number of carbonyl (C=O) groups excluding carboxylic acids is 1. The molecule has 1 aliphatic heterocycles. The fourth-order valence-corrected chi connectivity index (χ4v) is 3.86. The minimum atomic E-state index is -0.607. The van der Waals surface area contributed by atoms with Gasteiger partial charge < -0.3 is 10.2 Å². The first kappa shape index (κ1) is 19.2. The van der Waals surface area contributed by atoms with Crippen LogP contribution in [0, 0.1) is 19.7 Å². The fourth-order valence-electron chi connectivity index (χ4n) is 3.86. The predicted molar refractivity (Wildman–Crippen MR) is 114 cm³/mol. The standard InChI is InChI=1S/C21H21FN8O/c1-12-7-13(2)24-16(8-12)14-10-23-27-19(14)20(31)25-17-9-18-26-21(29-5-3-4-6-29)28-30(18)11-15(17)22/h7-11H,3-6H2,1-2H3,(H,23,27)(H,25,31). The van der Waals surface area contributed by atoms with Crippen LogP contribution >= 0.6 is 0 Å². The molecule has 4 aromatic heterocycles. The maximum Gasteiger partial charge on any atom is 0.274 e. The number of rotatable bonds is 4. The van der Waals surface area contributed by atoms with Crippen molar-refractivity contribution in [2.45, 2.75) is 26.7 Å². The lowest BCUT2D eigenvalue weighted by Gasteiger charge is -2.10. The Morgan fingerprint density at radius 1 is 1.16 bits per heavy atom. The van der Waals surface area contributed by atoms with Crippen molar-refractivity contribution >= 4 is 23.2 Å². The number of amides is 1. The van der Waals surface area contributed by atoms with Gasteiger partial charge in [-0.15, -0.1) is 5.10 Å². The summed E-state index contributed by atoms with van der Waals surface area (Å²) in [5, 5.41) is 13.7. The molecule has 10 heteroatoms. The SMILES string of the molecule is Cc1cc(C)nc(-c2cn[nH]c2C(=O)Nc2cc3nc(N4CCCC4)nn3cc2F)c1. The molecule has 1 saturated heterocycles. The first-order valence-corrected chi connectivity index (χ1v) is 10.1. The number of fused-ring (bicyclic) bond motifs is 1. The molecule has 0 spiro atoms. The Hall–Kier alpha value is -3.82. The number of hydrogen-bond donors (Lipinski definition) is 2. The summed E-state index contributed by atoms with van der Waals surface area (Å²) in [4.78, 5) is 23.9. The van der Waals surface area contributed by atoms with Gasteiger partial charge in [0.15, 0.2) is 11.5 Å². The quantitative estimate of drug-likeness (QED) is 0.526. The molecule has 158 valence electrons. The van der Waals surface area contributed by atoms with Crippen LogP contribution in [-0.4, -0.2) is 48.8 Å². The Morgan fingerprint density at radius 2 is 1.97 bits per heavy atom. The van der Waals surface area contributed by atoms with E-state index in [1.165, 1.54) is 23.0 Å². The molecule has 2 N–H and O–H groups in total. The molecule has 0 aliphatic carbocycles. The largest absolute Gasteiger partial charge is 0.340 e. The lowest BCUT2D eigenvalue weighted by molar-refractivity contribution is 0.102. The Bertz CT molecular complexity index is 1270. The van der Waals surface area contributed by atoms with E-state index in [1.54, 1.807) is 0 Å². The second-order valence-corrected chi connectivity index (χ2v) is 7.73. The van der Waals surface area contributed by atoms with Gasteiger partial charge in [-0.25, -0.2) is 8.91 Å². The molecule has 5 heterocycles. The molecule has 0 bridgehead atoms. The lowest BCUT2D eigenvalue weighted by Crippen LogP contribution is -2.19. The number of carbonyl (C=O) groups is 1. The molecule has 1 fully saturated rings. The van der Waals surface area contributed by atoms with Gasteiger partial charge in [-0.2, -0.15) is 10.1 Å². The molecule has 9 nitrogen and oxygen atoms in total. The van der Waals surface area contributed by atoms with Crippen LogP contribution in [0.1, 0.15) is 34.6 Å². The van der Waals surface area contributed by atoms with Crippen molar-refractivity contribution in [3.8, 4) is 11.3 Å². The van der Waals surface area contributed by atoms with E-state index in [-0.39, 0.29) is 11.4 Å². The van der Waals surface area contributed by atoms with Crippen molar-refractivity contribution in [1.82, 2.24) is 29.8 Å². The number of aromatic nitrogens is 6. The summed E-state index contributed by atoms with van der Waals surface area (Å²) in [7, 11) is 0. The molecule has 0 aromatic carbocycles. The predicted octanol–water partition coefficient (Wildman–Crippen LogP) is 3.12. The van der Waals surface area contributed by atoms with Crippen molar-refractivity contribution in [2.24, 2.45) is 0 Å². The van der Waals surface area contributed by atoms with E-state index in [0.29, 0.717) is 22.9 Å². The van der Waals surface area contributed by atoms with E-state index < -0.39 is 11.7 Å². The molecule has 0 radical (unpaired) electrons. The average molecular weight is 420 g/mol. The van der Waals surface area contributed by atoms with Crippen molar-refractivity contribution in [1.29, 1.82) is 0 Å². The lowest BCUT2D eigenvalue weighted by atomic mass is 10.1. The third-order valence-electron chi connectivity index (χ3n) is 5.29. The molecule has 0 unspecified atom stereocenters. The molecule has 1 aliphatic rings. The zero-order chi connectivity index (χ0) is 21.5. The van der Waals surface area contributed by atoms with Crippen molar-refractivity contribution in [3.63, 3.8) is 0 Å². The van der Waals surface area contributed by atoms with E-state index in [2.05, 4.69) is 35.5 Å². The second-order valence-electron chi connectivity index (χ2n) is 7.73. The number of nitrogens with one attached hydrogen (secondary N) is 2.